The molecule has 4 nitrogen and oxygen atoms in total. The third kappa shape index (κ3) is 3.93. The van der Waals surface area contributed by atoms with E-state index in [1.54, 1.807) is 7.11 Å². The van der Waals surface area contributed by atoms with Crippen molar-refractivity contribution in [3.05, 3.63) is 23.4 Å². The molecule has 0 bridgehead atoms. The number of aliphatic hydroxyl groups is 1. The minimum atomic E-state index is 0.0897. The number of hydrogen-bond acceptors (Lipinski definition) is 4. The van der Waals surface area contributed by atoms with Gasteiger partial charge in [0.25, 0.3) is 0 Å². The molecule has 1 aliphatic rings. The second kappa shape index (κ2) is 7.60. The zero-order chi connectivity index (χ0) is 14.4. The van der Waals surface area contributed by atoms with Crippen LogP contribution >= 0.6 is 0 Å². The molecule has 0 unspecified atom stereocenters. The molecule has 1 fully saturated rings. The molecular weight excluding hydrogens is 252 g/mol. The van der Waals surface area contributed by atoms with Gasteiger partial charge in [-0.25, -0.2) is 4.98 Å². The van der Waals surface area contributed by atoms with Crippen LogP contribution in [0.15, 0.2) is 12.1 Å². The zero-order valence-corrected chi connectivity index (χ0v) is 12.6. The lowest BCUT2D eigenvalue weighted by Gasteiger charge is -2.33. The highest BCUT2D eigenvalue weighted by atomic mass is 16.5. The van der Waals surface area contributed by atoms with Crippen LogP contribution < -0.4 is 4.90 Å². The summed E-state index contributed by atoms with van der Waals surface area (Å²) in [6.07, 6.45) is 4.36. The third-order valence-electron chi connectivity index (χ3n) is 3.95. The van der Waals surface area contributed by atoms with Gasteiger partial charge in [0.1, 0.15) is 5.82 Å². The van der Waals surface area contributed by atoms with Gasteiger partial charge in [0.05, 0.1) is 6.61 Å². The Morgan fingerprint density at radius 2 is 2.10 bits per heavy atom. The Morgan fingerprint density at radius 1 is 1.35 bits per heavy atom. The Morgan fingerprint density at radius 3 is 2.70 bits per heavy atom. The van der Waals surface area contributed by atoms with E-state index in [2.05, 4.69) is 11.8 Å². The summed E-state index contributed by atoms with van der Waals surface area (Å²) in [5.41, 5.74) is 2.06. The summed E-state index contributed by atoms with van der Waals surface area (Å²) >= 11 is 0. The van der Waals surface area contributed by atoms with Gasteiger partial charge in [-0.1, -0.05) is 13.3 Å². The summed E-state index contributed by atoms with van der Waals surface area (Å²) in [6.45, 7) is 5.16. The number of rotatable bonds is 6. The van der Waals surface area contributed by atoms with Gasteiger partial charge in [-0.15, -0.1) is 0 Å². The van der Waals surface area contributed by atoms with Crippen molar-refractivity contribution < 1.29 is 9.84 Å². The fraction of sp³-hybridized carbons (Fsp3) is 0.688. The Labute approximate surface area is 121 Å². The standard InChI is InChI=1S/C16H26N2O2/c1-3-4-15-9-14(11-19)10-16(17-15)18-7-5-13(6-8-18)12-20-2/h9-10,13,19H,3-8,11-12H2,1-2H3. The topological polar surface area (TPSA) is 45.6 Å². The van der Waals surface area contributed by atoms with E-state index < -0.39 is 0 Å². The van der Waals surface area contributed by atoms with E-state index in [0.29, 0.717) is 5.92 Å². The molecule has 0 atom stereocenters. The van der Waals surface area contributed by atoms with Crippen molar-refractivity contribution in [3.63, 3.8) is 0 Å². The Hall–Kier alpha value is -1.13. The molecule has 20 heavy (non-hydrogen) atoms. The molecular formula is C16H26N2O2. The van der Waals surface area contributed by atoms with Crippen molar-refractivity contribution in [3.8, 4) is 0 Å². The number of aryl methyl sites for hydroxylation is 1. The molecule has 1 saturated heterocycles. The largest absolute Gasteiger partial charge is 0.392 e. The molecule has 2 heterocycles. The summed E-state index contributed by atoms with van der Waals surface area (Å²) in [5.74, 6) is 1.70. The number of anilines is 1. The normalized spacial score (nSPS) is 16.6. The minimum absolute atomic E-state index is 0.0897. The first-order valence-corrected chi connectivity index (χ1v) is 7.61. The van der Waals surface area contributed by atoms with E-state index in [4.69, 9.17) is 9.72 Å². The molecule has 0 radical (unpaired) electrons. The zero-order valence-electron chi connectivity index (χ0n) is 12.6. The van der Waals surface area contributed by atoms with Gasteiger partial charge in [0, 0.05) is 32.5 Å². The average Bonchev–Trinajstić information content (AvgIpc) is 2.48. The van der Waals surface area contributed by atoms with Crippen molar-refractivity contribution in [2.45, 2.75) is 39.2 Å². The van der Waals surface area contributed by atoms with Crippen LogP contribution in [0.4, 0.5) is 5.82 Å². The SMILES string of the molecule is CCCc1cc(CO)cc(N2CCC(COC)CC2)n1. The number of hydrogen-bond donors (Lipinski definition) is 1. The van der Waals surface area contributed by atoms with Gasteiger partial charge in [0.2, 0.25) is 0 Å². The highest BCUT2D eigenvalue weighted by Crippen LogP contribution is 2.23. The van der Waals surface area contributed by atoms with E-state index >= 15 is 0 Å². The van der Waals surface area contributed by atoms with E-state index in [9.17, 15) is 5.11 Å². The van der Waals surface area contributed by atoms with Crippen LogP contribution in [0.1, 0.15) is 37.4 Å². The van der Waals surface area contributed by atoms with Crippen molar-refractivity contribution in [1.82, 2.24) is 4.98 Å². The maximum atomic E-state index is 9.40. The van der Waals surface area contributed by atoms with Crippen molar-refractivity contribution in [2.75, 3.05) is 31.7 Å². The van der Waals surface area contributed by atoms with Gasteiger partial charge in [-0.05, 0) is 42.9 Å². The van der Waals surface area contributed by atoms with Crippen LogP contribution in [0.25, 0.3) is 0 Å². The first-order valence-electron chi connectivity index (χ1n) is 7.61. The van der Waals surface area contributed by atoms with Gasteiger partial charge < -0.3 is 14.7 Å². The summed E-state index contributed by atoms with van der Waals surface area (Å²) in [4.78, 5) is 7.09. The highest BCUT2D eigenvalue weighted by Gasteiger charge is 2.20. The van der Waals surface area contributed by atoms with Crippen LogP contribution in [0.3, 0.4) is 0 Å². The number of ether oxygens (including phenoxy) is 1. The Balaban J connectivity index is 2.06. The summed E-state index contributed by atoms with van der Waals surface area (Å²) in [5, 5.41) is 9.40. The average molecular weight is 278 g/mol. The van der Waals surface area contributed by atoms with Gasteiger partial charge in [-0.3, -0.25) is 0 Å². The van der Waals surface area contributed by atoms with Crippen LogP contribution in [0.2, 0.25) is 0 Å². The molecule has 0 aromatic carbocycles. The summed E-state index contributed by atoms with van der Waals surface area (Å²) in [7, 11) is 1.77. The van der Waals surface area contributed by atoms with Crippen molar-refractivity contribution in [2.24, 2.45) is 5.92 Å². The molecule has 1 aromatic rings. The molecule has 1 aliphatic heterocycles. The van der Waals surface area contributed by atoms with Crippen molar-refractivity contribution >= 4 is 5.82 Å². The number of aliphatic hydroxyl groups excluding tert-OH is 1. The molecule has 4 heteroatoms. The number of methoxy groups -OCH3 is 1. The van der Waals surface area contributed by atoms with Crippen LogP contribution in [0, 0.1) is 5.92 Å². The lowest BCUT2D eigenvalue weighted by molar-refractivity contribution is 0.139. The lowest BCUT2D eigenvalue weighted by Crippen LogP contribution is -2.35. The number of piperidine rings is 1. The molecule has 112 valence electrons. The number of aromatic nitrogens is 1. The minimum Gasteiger partial charge on any atom is -0.392 e. The third-order valence-corrected chi connectivity index (χ3v) is 3.95. The molecule has 1 aromatic heterocycles. The number of nitrogens with zero attached hydrogens (tertiary/aromatic N) is 2. The molecule has 2 rings (SSSR count). The van der Waals surface area contributed by atoms with E-state index in [1.807, 2.05) is 12.1 Å². The highest BCUT2D eigenvalue weighted by molar-refractivity contribution is 5.43. The molecule has 0 aliphatic carbocycles. The van der Waals surface area contributed by atoms with E-state index in [-0.39, 0.29) is 6.61 Å². The van der Waals surface area contributed by atoms with Crippen molar-refractivity contribution in [1.29, 1.82) is 0 Å². The quantitative estimate of drug-likeness (QED) is 0.868. The summed E-state index contributed by atoms with van der Waals surface area (Å²) in [6, 6.07) is 4.04. The molecule has 0 amide bonds. The maximum Gasteiger partial charge on any atom is 0.129 e. The Bertz CT molecular complexity index is 415. The number of pyridine rings is 1. The second-order valence-electron chi connectivity index (χ2n) is 5.62. The predicted molar refractivity (Wildman–Crippen MR) is 81.0 cm³/mol. The predicted octanol–water partition coefficient (Wildman–Crippen LogP) is 2.39. The van der Waals surface area contributed by atoms with Crippen LogP contribution in [-0.2, 0) is 17.8 Å². The van der Waals surface area contributed by atoms with Gasteiger partial charge in [-0.2, -0.15) is 0 Å². The smallest absolute Gasteiger partial charge is 0.129 e. The molecule has 0 spiro atoms. The maximum absolute atomic E-state index is 9.40. The van der Waals surface area contributed by atoms with Gasteiger partial charge in [0.15, 0.2) is 0 Å². The van der Waals surface area contributed by atoms with E-state index in [1.165, 1.54) is 0 Å². The van der Waals surface area contributed by atoms with Gasteiger partial charge >= 0.3 is 0 Å². The summed E-state index contributed by atoms with van der Waals surface area (Å²) < 4.78 is 5.24. The first kappa shape index (κ1) is 15.3. The lowest BCUT2D eigenvalue weighted by atomic mass is 9.98. The van der Waals surface area contributed by atoms with Crippen LogP contribution in [0.5, 0.6) is 0 Å². The molecule has 1 N–H and O–H groups in total. The van der Waals surface area contributed by atoms with Crippen LogP contribution in [-0.4, -0.2) is 36.9 Å². The fourth-order valence-corrected chi connectivity index (χ4v) is 2.84. The monoisotopic (exact) mass is 278 g/mol. The Kier molecular flexibility index (Phi) is 5.80. The second-order valence-corrected chi connectivity index (χ2v) is 5.62. The first-order chi connectivity index (χ1) is 9.76. The fourth-order valence-electron chi connectivity index (χ4n) is 2.84. The van der Waals surface area contributed by atoms with E-state index in [0.717, 1.165) is 62.5 Å². The molecule has 0 saturated carbocycles.